The van der Waals surface area contributed by atoms with Crippen molar-refractivity contribution in [2.24, 2.45) is 0 Å². The van der Waals surface area contributed by atoms with Crippen molar-refractivity contribution >= 4 is 5.97 Å². The molecule has 0 saturated heterocycles. The summed E-state index contributed by atoms with van der Waals surface area (Å²) in [5, 5.41) is 3.20. The SMILES string of the molecule is COC(=O)c1nc(-c2ccco2)nc2c1CNCC2. The second-order valence-corrected chi connectivity index (χ2v) is 4.22. The van der Waals surface area contributed by atoms with Crippen LogP contribution in [0.1, 0.15) is 21.7 Å². The van der Waals surface area contributed by atoms with Crippen LogP contribution < -0.4 is 5.32 Å². The molecule has 0 fully saturated rings. The number of aromatic nitrogens is 2. The number of furan rings is 1. The molecule has 3 rings (SSSR count). The normalized spacial score (nSPS) is 13.9. The first-order valence-electron chi connectivity index (χ1n) is 6.02. The lowest BCUT2D eigenvalue weighted by Crippen LogP contribution is -2.28. The zero-order valence-electron chi connectivity index (χ0n) is 10.5. The highest BCUT2D eigenvalue weighted by molar-refractivity contribution is 5.89. The van der Waals surface area contributed by atoms with Gasteiger partial charge in [0.2, 0.25) is 0 Å². The second kappa shape index (κ2) is 4.81. The van der Waals surface area contributed by atoms with Gasteiger partial charge in [0.1, 0.15) is 0 Å². The van der Waals surface area contributed by atoms with Crippen molar-refractivity contribution < 1.29 is 13.9 Å². The number of carbonyl (C=O) groups is 1. The Kier molecular flexibility index (Phi) is 3.00. The molecule has 2 aromatic heterocycles. The summed E-state index contributed by atoms with van der Waals surface area (Å²) in [5.74, 6) is 0.521. The molecule has 6 heteroatoms. The van der Waals surface area contributed by atoms with E-state index in [0.717, 1.165) is 24.2 Å². The zero-order valence-corrected chi connectivity index (χ0v) is 10.5. The minimum absolute atomic E-state index is 0.311. The molecule has 0 radical (unpaired) electrons. The van der Waals surface area contributed by atoms with Crippen molar-refractivity contribution in [2.45, 2.75) is 13.0 Å². The topological polar surface area (TPSA) is 77.2 Å². The van der Waals surface area contributed by atoms with Crippen LogP contribution in [0.4, 0.5) is 0 Å². The van der Waals surface area contributed by atoms with Crippen molar-refractivity contribution in [3.8, 4) is 11.6 Å². The van der Waals surface area contributed by atoms with Gasteiger partial charge in [0.25, 0.3) is 0 Å². The van der Waals surface area contributed by atoms with E-state index >= 15 is 0 Å². The fourth-order valence-corrected chi connectivity index (χ4v) is 2.12. The molecular weight excluding hydrogens is 246 g/mol. The number of ether oxygens (including phenoxy) is 1. The van der Waals surface area contributed by atoms with Gasteiger partial charge < -0.3 is 14.5 Å². The van der Waals surface area contributed by atoms with E-state index in [2.05, 4.69) is 15.3 Å². The average molecular weight is 259 g/mol. The Labute approximate surface area is 109 Å². The Balaban J connectivity index is 2.16. The molecule has 3 heterocycles. The highest BCUT2D eigenvalue weighted by Crippen LogP contribution is 2.22. The third kappa shape index (κ3) is 2.10. The minimum atomic E-state index is -0.449. The highest BCUT2D eigenvalue weighted by atomic mass is 16.5. The number of hydrogen-bond acceptors (Lipinski definition) is 6. The maximum absolute atomic E-state index is 11.8. The molecule has 0 bridgehead atoms. The fourth-order valence-electron chi connectivity index (χ4n) is 2.12. The molecule has 6 nitrogen and oxygen atoms in total. The highest BCUT2D eigenvalue weighted by Gasteiger charge is 2.23. The first kappa shape index (κ1) is 11.9. The molecule has 0 aromatic carbocycles. The molecule has 0 aliphatic carbocycles. The van der Waals surface area contributed by atoms with Crippen LogP contribution in [0.2, 0.25) is 0 Å². The van der Waals surface area contributed by atoms with Crippen molar-refractivity contribution in [1.29, 1.82) is 0 Å². The molecule has 0 unspecified atom stereocenters. The monoisotopic (exact) mass is 259 g/mol. The Morgan fingerprint density at radius 1 is 1.47 bits per heavy atom. The summed E-state index contributed by atoms with van der Waals surface area (Å²) >= 11 is 0. The molecule has 0 saturated carbocycles. The molecule has 0 atom stereocenters. The smallest absolute Gasteiger partial charge is 0.357 e. The molecule has 98 valence electrons. The third-order valence-corrected chi connectivity index (χ3v) is 3.05. The van der Waals surface area contributed by atoms with Gasteiger partial charge in [0.05, 0.1) is 19.1 Å². The largest absolute Gasteiger partial charge is 0.464 e. The molecule has 1 aliphatic heterocycles. The number of hydrogen-bond donors (Lipinski definition) is 1. The van der Waals surface area contributed by atoms with Gasteiger partial charge in [-0.3, -0.25) is 0 Å². The van der Waals surface area contributed by atoms with Gasteiger partial charge in [-0.2, -0.15) is 0 Å². The standard InChI is InChI=1S/C13H13N3O3/c1-18-13(17)11-8-7-14-5-4-9(8)15-12(16-11)10-3-2-6-19-10/h2-3,6,14H,4-5,7H2,1H3. The van der Waals surface area contributed by atoms with Gasteiger partial charge in [0, 0.05) is 25.1 Å². The van der Waals surface area contributed by atoms with Gasteiger partial charge in [-0.15, -0.1) is 0 Å². The second-order valence-electron chi connectivity index (χ2n) is 4.22. The van der Waals surface area contributed by atoms with E-state index in [1.165, 1.54) is 7.11 Å². The van der Waals surface area contributed by atoms with Gasteiger partial charge in [-0.1, -0.05) is 0 Å². The van der Waals surface area contributed by atoms with E-state index in [9.17, 15) is 4.79 Å². The van der Waals surface area contributed by atoms with Crippen LogP contribution in [-0.2, 0) is 17.7 Å². The molecule has 1 N–H and O–H groups in total. The molecule has 0 amide bonds. The van der Waals surface area contributed by atoms with Crippen molar-refractivity contribution in [2.75, 3.05) is 13.7 Å². The van der Waals surface area contributed by atoms with Crippen LogP contribution in [0.15, 0.2) is 22.8 Å². The van der Waals surface area contributed by atoms with Crippen LogP contribution in [0.3, 0.4) is 0 Å². The molecule has 1 aliphatic rings. The number of rotatable bonds is 2. The fraction of sp³-hybridized carbons (Fsp3) is 0.308. The van der Waals surface area contributed by atoms with E-state index in [1.54, 1.807) is 18.4 Å². The number of nitrogens with zero attached hydrogens (tertiary/aromatic N) is 2. The first-order valence-corrected chi connectivity index (χ1v) is 6.02. The van der Waals surface area contributed by atoms with Gasteiger partial charge in [-0.25, -0.2) is 14.8 Å². The van der Waals surface area contributed by atoms with E-state index in [-0.39, 0.29) is 0 Å². The Morgan fingerprint density at radius 3 is 3.11 bits per heavy atom. The Morgan fingerprint density at radius 2 is 2.37 bits per heavy atom. The van der Waals surface area contributed by atoms with Crippen LogP contribution in [-0.4, -0.2) is 29.6 Å². The van der Waals surface area contributed by atoms with E-state index in [4.69, 9.17) is 9.15 Å². The first-order chi connectivity index (χ1) is 9.29. The predicted octanol–water partition coefficient (Wildman–Crippen LogP) is 1.17. The summed E-state index contributed by atoms with van der Waals surface area (Å²) in [4.78, 5) is 20.6. The van der Waals surface area contributed by atoms with E-state index < -0.39 is 5.97 Å². The Bertz CT molecular complexity index is 608. The van der Waals surface area contributed by atoms with Crippen LogP contribution in [0, 0.1) is 0 Å². The minimum Gasteiger partial charge on any atom is -0.464 e. The van der Waals surface area contributed by atoms with Crippen molar-refractivity contribution in [1.82, 2.24) is 15.3 Å². The summed E-state index contributed by atoms with van der Waals surface area (Å²) < 4.78 is 10.1. The van der Waals surface area contributed by atoms with Crippen LogP contribution in [0.5, 0.6) is 0 Å². The van der Waals surface area contributed by atoms with E-state index in [1.807, 2.05) is 0 Å². The van der Waals surface area contributed by atoms with Crippen LogP contribution in [0.25, 0.3) is 11.6 Å². The molecule has 19 heavy (non-hydrogen) atoms. The maximum atomic E-state index is 11.8. The summed E-state index contributed by atoms with van der Waals surface area (Å²) in [6.45, 7) is 1.42. The van der Waals surface area contributed by atoms with E-state index in [0.29, 0.717) is 23.8 Å². The molecule has 2 aromatic rings. The van der Waals surface area contributed by atoms with Crippen LogP contribution >= 0.6 is 0 Å². The molecule has 0 spiro atoms. The van der Waals surface area contributed by atoms with Gasteiger partial charge in [0.15, 0.2) is 17.3 Å². The lowest BCUT2D eigenvalue weighted by Gasteiger charge is -2.18. The van der Waals surface area contributed by atoms with Crippen molar-refractivity contribution in [3.63, 3.8) is 0 Å². The number of esters is 1. The third-order valence-electron chi connectivity index (χ3n) is 3.05. The zero-order chi connectivity index (χ0) is 13.2. The lowest BCUT2D eigenvalue weighted by atomic mass is 10.0. The summed E-state index contributed by atoms with van der Waals surface area (Å²) in [7, 11) is 1.35. The average Bonchev–Trinajstić information content (AvgIpc) is 2.99. The molecular formula is C13H13N3O3. The van der Waals surface area contributed by atoms with Crippen molar-refractivity contribution in [3.05, 3.63) is 35.3 Å². The summed E-state index contributed by atoms with van der Waals surface area (Å²) in [5.41, 5.74) is 2.00. The van der Waals surface area contributed by atoms with Gasteiger partial charge in [-0.05, 0) is 12.1 Å². The van der Waals surface area contributed by atoms with Gasteiger partial charge >= 0.3 is 5.97 Å². The number of methoxy groups -OCH3 is 1. The predicted molar refractivity (Wildman–Crippen MR) is 66.5 cm³/mol. The number of carbonyl (C=O) groups excluding carboxylic acids is 1. The summed E-state index contributed by atoms with van der Waals surface area (Å²) in [6.07, 6.45) is 2.31. The Hall–Kier alpha value is -2.21. The summed E-state index contributed by atoms with van der Waals surface area (Å²) in [6, 6.07) is 3.53. The lowest BCUT2D eigenvalue weighted by molar-refractivity contribution is 0.0592. The maximum Gasteiger partial charge on any atom is 0.357 e. The number of fused-ring (bicyclic) bond motifs is 1. The quantitative estimate of drug-likeness (QED) is 0.816. The number of nitrogens with one attached hydrogen (secondary N) is 1.